The number of likely N-dealkylation sites (tertiary alicyclic amines) is 1. The maximum atomic E-state index is 4.52. The van der Waals surface area contributed by atoms with Gasteiger partial charge in [-0.15, -0.1) is 0 Å². The third-order valence-corrected chi connectivity index (χ3v) is 5.75. The van der Waals surface area contributed by atoms with Crippen molar-refractivity contribution in [2.24, 2.45) is 0 Å². The van der Waals surface area contributed by atoms with E-state index in [1.54, 1.807) is 0 Å². The van der Waals surface area contributed by atoms with Crippen LogP contribution in [-0.4, -0.2) is 75.8 Å². The number of hydrogen-bond acceptors (Lipinski definition) is 4. The van der Waals surface area contributed by atoms with Gasteiger partial charge in [0.15, 0.2) is 0 Å². The van der Waals surface area contributed by atoms with E-state index in [1.807, 2.05) is 0 Å². The minimum absolute atomic E-state index is 0.699. The molecule has 1 aromatic heterocycles. The molecule has 5 heteroatoms. The molecule has 0 bridgehead atoms. The predicted octanol–water partition coefficient (Wildman–Crippen LogP) is 1.04. The summed E-state index contributed by atoms with van der Waals surface area (Å²) in [6, 6.07) is 1.49. The van der Waals surface area contributed by atoms with Crippen molar-refractivity contribution >= 4 is 0 Å². The standard InChI is InChI=1S/C17H29N5/c1-14(2)20-6-8-21(9-7-20)16-12-19(13-16)11-15-10-18-22-5-3-4-17(15)22/h10,14,16H,3-9,11-13H2,1-2H3. The summed E-state index contributed by atoms with van der Waals surface area (Å²) < 4.78 is 2.21. The first-order chi connectivity index (χ1) is 10.7. The van der Waals surface area contributed by atoms with Crippen molar-refractivity contribution in [2.45, 2.75) is 51.9 Å². The molecule has 0 aliphatic carbocycles. The molecular formula is C17H29N5. The Balaban J connectivity index is 1.25. The minimum Gasteiger partial charge on any atom is -0.298 e. The van der Waals surface area contributed by atoms with E-state index in [4.69, 9.17) is 0 Å². The second-order valence-corrected chi connectivity index (χ2v) is 7.46. The normalized spacial score (nSPS) is 24.9. The van der Waals surface area contributed by atoms with Crippen LogP contribution in [0.4, 0.5) is 0 Å². The molecule has 122 valence electrons. The van der Waals surface area contributed by atoms with Gasteiger partial charge < -0.3 is 0 Å². The molecule has 4 rings (SSSR count). The number of piperazine rings is 1. The summed E-state index contributed by atoms with van der Waals surface area (Å²) in [5.41, 5.74) is 2.97. The zero-order valence-electron chi connectivity index (χ0n) is 14.0. The van der Waals surface area contributed by atoms with E-state index in [0.29, 0.717) is 6.04 Å². The number of aromatic nitrogens is 2. The van der Waals surface area contributed by atoms with E-state index < -0.39 is 0 Å². The van der Waals surface area contributed by atoms with Gasteiger partial charge in [0.1, 0.15) is 0 Å². The van der Waals surface area contributed by atoms with Crippen molar-refractivity contribution in [3.63, 3.8) is 0 Å². The molecule has 0 amide bonds. The quantitative estimate of drug-likeness (QED) is 0.831. The molecule has 0 radical (unpaired) electrons. The SMILES string of the molecule is CC(C)N1CCN(C2CN(Cc3cnn4c3CCC4)C2)CC1. The largest absolute Gasteiger partial charge is 0.298 e. The molecular weight excluding hydrogens is 274 g/mol. The molecule has 1 aromatic rings. The molecule has 3 aliphatic rings. The summed E-state index contributed by atoms with van der Waals surface area (Å²) in [6.07, 6.45) is 4.60. The summed E-state index contributed by atoms with van der Waals surface area (Å²) in [4.78, 5) is 7.90. The van der Waals surface area contributed by atoms with Crippen molar-refractivity contribution in [1.29, 1.82) is 0 Å². The summed E-state index contributed by atoms with van der Waals surface area (Å²) in [6.45, 7) is 14.3. The number of hydrogen-bond donors (Lipinski definition) is 0. The maximum absolute atomic E-state index is 4.52. The smallest absolute Gasteiger partial charge is 0.0537 e. The van der Waals surface area contributed by atoms with Crippen LogP contribution in [0.15, 0.2) is 6.20 Å². The van der Waals surface area contributed by atoms with Gasteiger partial charge in [-0.1, -0.05) is 0 Å². The van der Waals surface area contributed by atoms with Crippen LogP contribution in [0.25, 0.3) is 0 Å². The van der Waals surface area contributed by atoms with Gasteiger partial charge in [0, 0.05) is 75.7 Å². The number of nitrogens with zero attached hydrogens (tertiary/aromatic N) is 5. The van der Waals surface area contributed by atoms with Crippen LogP contribution >= 0.6 is 0 Å². The van der Waals surface area contributed by atoms with Gasteiger partial charge in [-0.05, 0) is 26.7 Å². The number of aryl methyl sites for hydroxylation is 1. The lowest BCUT2D eigenvalue weighted by molar-refractivity contribution is -0.00421. The zero-order chi connectivity index (χ0) is 15.1. The van der Waals surface area contributed by atoms with Gasteiger partial charge in [0.25, 0.3) is 0 Å². The van der Waals surface area contributed by atoms with Crippen molar-refractivity contribution < 1.29 is 0 Å². The van der Waals surface area contributed by atoms with Gasteiger partial charge in [-0.3, -0.25) is 19.4 Å². The van der Waals surface area contributed by atoms with Gasteiger partial charge >= 0.3 is 0 Å². The Morgan fingerprint density at radius 2 is 1.91 bits per heavy atom. The van der Waals surface area contributed by atoms with Crippen LogP contribution in [0, 0.1) is 0 Å². The zero-order valence-corrected chi connectivity index (χ0v) is 14.0. The highest BCUT2D eigenvalue weighted by atomic mass is 15.4. The fourth-order valence-corrected chi connectivity index (χ4v) is 4.22. The van der Waals surface area contributed by atoms with Gasteiger partial charge in [0.05, 0.1) is 6.20 Å². The van der Waals surface area contributed by atoms with E-state index in [1.165, 1.54) is 63.4 Å². The predicted molar refractivity (Wildman–Crippen MR) is 87.9 cm³/mol. The number of rotatable bonds is 4. The van der Waals surface area contributed by atoms with Crippen LogP contribution in [0.2, 0.25) is 0 Å². The third-order valence-electron chi connectivity index (χ3n) is 5.75. The molecule has 0 aromatic carbocycles. The Hall–Kier alpha value is -0.910. The Kier molecular flexibility index (Phi) is 3.96. The molecule has 2 saturated heterocycles. The first-order valence-corrected chi connectivity index (χ1v) is 8.95. The van der Waals surface area contributed by atoms with E-state index in [2.05, 4.69) is 44.5 Å². The van der Waals surface area contributed by atoms with Gasteiger partial charge in [-0.2, -0.15) is 5.10 Å². The highest BCUT2D eigenvalue weighted by Gasteiger charge is 2.34. The first kappa shape index (κ1) is 14.7. The van der Waals surface area contributed by atoms with Crippen LogP contribution in [-0.2, 0) is 19.5 Å². The molecule has 2 fully saturated rings. The average molecular weight is 303 g/mol. The molecule has 3 aliphatic heterocycles. The van der Waals surface area contributed by atoms with Crippen LogP contribution in [0.3, 0.4) is 0 Å². The monoisotopic (exact) mass is 303 g/mol. The Labute approximate surface area is 133 Å². The highest BCUT2D eigenvalue weighted by Crippen LogP contribution is 2.24. The van der Waals surface area contributed by atoms with Crippen LogP contribution < -0.4 is 0 Å². The summed E-state index contributed by atoms with van der Waals surface area (Å²) in [5.74, 6) is 0. The Bertz CT molecular complexity index is 509. The van der Waals surface area contributed by atoms with E-state index in [-0.39, 0.29) is 0 Å². The van der Waals surface area contributed by atoms with Crippen LogP contribution in [0.5, 0.6) is 0 Å². The molecule has 5 nitrogen and oxygen atoms in total. The summed E-state index contributed by atoms with van der Waals surface area (Å²) >= 11 is 0. The van der Waals surface area contributed by atoms with E-state index >= 15 is 0 Å². The molecule has 0 spiro atoms. The summed E-state index contributed by atoms with van der Waals surface area (Å²) in [5, 5.41) is 4.52. The minimum atomic E-state index is 0.699. The molecule has 22 heavy (non-hydrogen) atoms. The molecule has 0 unspecified atom stereocenters. The molecule has 0 saturated carbocycles. The lowest BCUT2D eigenvalue weighted by Gasteiger charge is -2.48. The molecule has 0 N–H and O–H groups in total. The topological polar surface area (TPSA) is 27.5 Å². The van der Waals surface area contributed by atoms with Gasteiger partial charge in [-0.25, -0.2) is 0 Å². The van der Waals surface area contributed by atoms with Crippen molar-refractivity contribution in [3.05, 3.63) is 17.5 Å². The molecule has 4 heterocycles. The fourth-order valence-electron chi connectivity index (χ4n) is 4.22. The Morgan fingerprint density at radius 1 is 1.14 bits per heavy atom. The lowest BCUT2D eigenvalue weighted by atomic mass is 10.0. The van der Waals surface area contributed by atoms with Crippen molar-refractivity contribution in [2.75, 3.05) is 39.3 Å². The summed E-state index contributed by atoms with van der Waals surface area (Å²) in [7, 11) is 0. The van der Waals surface area contributed by atoms with Crippen molar-refractivity contribution in [1.82, 2.24) is 24.5 Å². The van der Waals surface area contributed by atoms with E-state index in [0.717, 1.165) is 19.1 Å². The molecule has 0 atom stereocenters. The number of fused-ring (bicyclic) bond motifs is 1. The first-order valence-electron chi connectivity index (χ1n) is 8.95. The van der Waals surface area contributed by atoms with Crippen molar-refractivity contribution in [3.8, 4) is 0 Å². The maximum Gasteiger partial charge on any atom is 0.0537 e. The second-order valence-electron chi connectivity index (χ2n) is 7.46. The third kappa shape index (κ3) is 2.70. The highest BCUT2D eigenvalue weighted by molar-refractivity contribution is 5.20. The van der Waals surface area contributed by atoms with Gasteiger partial charge in [0.2, 0.25) is 0 Å². The Morgan fingerprint density at radius 3 is 2.64 bits per heavy atom. The average Bonchev–Trinajstić information content (AvgIpc) is 3.06. The lowest BCUT2D eigenvalue weighted by Crippen LogP contribution is -2.63. The van der Waals surface area contributed by atoms with E-state index in [9.17, 15) is 0 Å². The fraction of sp³-hybridized carbons (Fsp3) is 0.824. The second kappa shape index (κ2) is 5.95. The van der Waals surface area contributed by atoms with Crippen LogP contribution in [0.1, 0.15) is 31.5 Å².